The molecule has 0 spiro atoms. The molecule has 0 aromatic carbocycles. The second-order valence-corrected chi connectivity index (χ2v) is 6.91. The summed E-state index contributed by atoms with van der Waals surface area (Å²) < 4.78 is 5.11. The Kier molecular flexibility index (Phi) is 5.27. The molecular formula is C15H28N2O3. The standard InChI is InChI=1S/C15H28N2O3/c1-14(6-4-2-3-5-7-14)8-16-13(19)17-9-15(10-18)11-20-12-15/h18H,2-12H2,1H3,(H2,16,17,19). The molecule has 3 N–H and O–H groups in total. The van der Waals surface area contributed by atoms with Crippen molar-refractivity contribution in [3.05, 3.63) is 0 Å². The lowest BCUT2D eigenvalue weighted by Crippen LogP contribution is -2.55. The average molecular weight is 284 g/mol. The Bertz CT molecular complexity index is 316. The summed E-state index contributed by atoms with van der Waals surface area (Å²) in [6.07, 6.45) is 7.57. The molecule has 1 saturated heterocycles. The lowest BCUT2D eigenvalue weighted by atomic mass is 9.82. The highest BCUT2D eigenvalue weighted by Crippen LogP contribution is 2.33. The first kappa shape index (κ1) is 15.6. The molecule has 0 radical (unpaired) electrons. The lowest BCUT2D eigenvalue weighted by Gasteiger charge is -2.39. The molecule has 2 rings (SSSR count). The quantitative estimate of drug-likeness (QED) is 0.672. The highest BCUT2D eigenvalue weighted by molar-refractivity contribution is 5.73. The fraction of sp³-hybridized carbons (Fsp3) is 0.933. The monoisotopic (exact) mass is 284 g/mol. The summed E-state index contributed by atoms with van der Waals surface area (Å²) in [5.41, 5.74) is -0.0222. The first-order chi connectivity index (χ1) is 9.58. The minimum Gasteiger partial charge on any atom is -0.396 e. The van der Waals surface area contributed by atoms with Crippen LogP contribution in [0, 0.1) is 10.8 Å². The van der Waals surface area contributed by atoms with Gasteiger partial charge in [-0.3, -0.25) is 0 Å². The third-order valence-electron chi connectivity index (χ3n) is 4.76. The molecule has 0 unspecified atom stereocenters. The lowest BCUT2D eigenvalue weighted by molar-refractivity contribution is -0.132. The smallest absolute Gasteiger partial charge is 0.314 e. The van der Waals surface area contributed by atoms with Crippen LogP contribution in [0.1, 0.15) is 45.4 Å². The van der Waals surface area contributed by atoms with Gasteiger partial charge in [0.25, 0.3) is 0 Å². The van der Waals surface area contributed by atoms with Gasteiger partial charge in [-0.2, -0.15) is 0 Å². The first-order valence-electron chi connectivity index (χ1n) is 7.78. The van der Waals surface area contributed by atoms with Gasteiger partial charge in [0.05, 0.1) is 25.2 Å². The van der Waals surface area contributed by atoms with Gasteiger partial charge in [-0.1, -0.05) is 32.6 Å². The number of amides is 2. The number of carbonyl (C=O) groups is 1. The van der Waals surface area contributed by atoms with Gasteiger partial charge in [0, 0.05) is 13.1 Å². The van der Waals surface area contributed by atoms with Crippen LogP contribution in [0.3, 0.4) is 0 Å². The Morgan fingerprint density at radius 1 is 1.10 bits per heavy atom. The molecule has 0 aromatic heterocycles. The number of carbonyl (C=O) groups excluding carboxylic acids is 1. The van der Waals surface area contributed by atoms with E-state index in [1.807, 2.05) is 0 Å². The molecule has 116 valence electrons. The molecule has 2 aliphatic rings. The van der Waals surface area contributed by atoms with E-state index in [9.17, 15) is 9.90 Å². The van der Waals surface area contributed by atoms with E-state index in [1.165, 1.54) is 38.5 Å². The van der Waals surface area contributed by atoms with E-state index in [0.717, 1.165) is 6.54 Å². The molecule has 2 fully saturated rings. The number of aliphatic hydroxyl groups is 1. The van der Waals surface area contributed by atoms with Crippen molar-refractivity contribution in [3.63, 3.8) is 0 Å². The Hall–Kier alpha value is -0.810. The fourth-order valence-electron chi connectivity index (χ4n) is 3.02. The number of ether oxygens (including phenoxy) is 1. The van der Waals surface area contributed by atoms with Crippen LogP contribution in [0.5, 0.6) is 0 Å². The van der Waals surface area contributed by atoms with Gasteiger partial charge < -0.3 is 20.5 Å². The van der Waals surface area contributed by atoms with E-state index >= 15 is 0 Å². The molecule has 0 atom stereocenters. The Morgan fingerprint density at radius 3 is 2.20 bits per heavy atom. The molecule has 0 aromatic rings. The van der Waals surface area contributed by atoms with Gasteiger partial charge in [-0.25, -0.2) is 4.79 Å². The summed E-state index contributed by atoms with van der Waals surface area (Å²) in [5.74, 6) is 0. The van der Waals surface area contributed by atoms with Crippen LogP contribution in [-0.4, -0.2) is 44.0 Å². The van der Waals surface area contributed by atoms with E-state index in [4.69, 9.17) is 4.74 Å². The van der Waals surface area contributed by atoms with E-state index in [0.29, 0.717) is 19.8 Å². The predicted octanol–water partition coefficient (Wildman–Crippen LogP) is 1.65. The largest absolute Gasteiger partial charge is 0.396 e. The van der Waals surface area contributed by atoms with Crippen molar-refractivity contribution < 1.29 is 14.6 Å². The maximum atomic E-state index is 11.9. The minimum atomic E-state index is -0.260. The zero-order valence-corrected chi connectivity index (χ0v) is 12.5. The molecule has 0 bridgehead atoms. The van der Waals surface area contributed by atoms with Crippen molar-refractivity contribution in [2.75, 3.05) is 32.9 Å². The van der Waals surface area contributed by atoms with Crippen LogP contribution in [0.25, 0.3) is 0 Å². The topological polar surface area (TPSA) is 70.6 Å². The van der Waals surface area contributed by atoms with E-state index < -0.39 is 0 Å². The van der Waals surface area contributed by atoms with E-state index in [2.05, 4.69) is 17.6 Å². The summed E-state index contributed by atoms with van der Waals surface area (Å²) in [6.45, 7) is 4.61. The van der Waals surface area contributed by atoms with Gasteiger partial charge in [0.2, 0.25) is 0 Å². The molecule has 1 heterocycles. The number of nitrogens with one attached hydrogen (secondary N) is 2. The predicted molar refractivity (Wildman–Crippen MR) is 77.5 cm³/mol. The Morgan fingerprint density at radius 2 is 1.70 bits per heavy atom. The number of urea groups is 1. The second-order valence-electron chi connectivity index (χ2n) is 6.91. The van der Waals surface area contributed by atoms with Crippen LogP contribution >= 0.6 is 0 Å². The SMILES string of the molecule is CC1(CNC(=O)NCC2(CO)COC2)CCCCCC1. The molecule has 5 heteroatoms. The molecule has 20 heavy (non-hydrogen) atoms. The number of hydrogen-bond acceptors (Lipinski definition) is 3. The van der Waals surface area contributed by atoms with Crippen molar-refractivity contribution >= 4 is 6.03 Å². The maximum Gasteiger partial charge on any atom is 0.314 e. The first-order valence-corrected chi connectivity index (χ1v) is 7.78. The number of rotatable bonds is 5. The van der Waals surface area contributed by atoms with Crippen molar-refractivity contribution in [1.82, 2.24) is 10.6 Å². The Labute approximate surface area is 121 Å². The molecule has 2 amide bonds. The van der Waals surface area contributed by atoms with Crippen molar-refractivity contribution in [3.8, 4) is 0 Å². The summed E-state index contributed by atoms with van der Waals surface area (Å²) in [7, 11) is 0. The molecule has 1 saturated carbocycles. The molecule has 1 aliphatic carbocycles. The van der Waals surface area contributed by atoms with Gasteiger partial charge in [0.15, 0.2) is 0 Å². The van der Waals surface area contributed by atoms with Crippen LogP contribution in [-0.2, 0) is 4.74 Å². The fourth-order valence-corrected chi connectivity index (χ4v) is 3.02. The molecule has 1 aliphatic heterocycles. The zero-order valence-electron chi connectivity index (χ0n) is 12.5. The number of hydrogen-bond donors (Lipinski definition) is 3. The van der Waals surface area contributed by atoms with Crippen LogP contribution in [0.4, 0.5) is 4.79 Å². The van der Waals surface area contributed by atoms with Crippen molar-refractivity contribution in [2.24, 2.45) is 10.8 Å². The van der Waals surface area contributed by atoms with E-state index in [1.54, 1.807) is 0 Å². The van der Waals surface area contributed by atoms with Crippen LogP contribution in [0.15, 0.2) is 0 Å². The van der Waals surface area contributed by atoms with Gasteiger partial charge in [-0.15, -0.1) is 0 Å². The summed E-state index contributed by atoms with van der Waals surface area (Å²) in [6, 6.07) is -0.129. The van der Waals surface area contributed by atoms with Crippen molar-refractivity contribution in [1.29, 1.82) is 0 Å². The van der Waals surface area contributed by atoms with Crippen LogP contribution in [0.2, 0.25) is 0 Å². The van der Waals surface area contributed by atoms with Crippen LogP contribution < -0.4 is 10.6 Å². The van der Waals surface area contributed by atoms with Gasteiger partial charge in [-0.05, 0) is 18.3 Å². The maximum absolute atomic E-state index is 11.9. The zero-order chi connectivity index (χ0) is 14.5. The summed E-state index contributed by atoms with van der Waals surface area (Å²) >= 11 is 0. The van der Waals surface area contributed by atoms with Gasteiger partial charge >= 0.3 is 6.03 Å². The van der Waals surface area contributed by atoms with E-state index in [-0.39, 0.29) is 23.5 Å². The summed E-state index contributed by atoms with van der Waals surface area (Å²) in [4.78, 5) is 11.9. The third-order valence-corrected chi connectivity index (χ3v) is 4.76. The highest BCUT2D eigenvalue weighted by atomic mass is 16.5. The normalized spacial score (nSPS) is 24.3. The van der Waals surface area contributed by atoms with Crippen molar-refractivity contribution in [2.45, 2.75) is 45.4 Å². The number of aliphatic hydroxyl groups excluding tert-OH is 1. The molecular weight excluding hydrogens is 256 g/mol. The Balaban J connectivity index is 1.69. The highest BCUT2D eigenvalue weighted by Gasteiger charge is 2.38. The third kappa shape index (κ3) is 4.09. The second kappa shape index (κ2) is 6.76. The minimum absolute atomic E-state index is 0.0605. The average Bonchev–Trinajstić information content (AvgIpc) is 2.61. The summed E-state index contributed by atoms with van der Waals surface area (Å²) in [5, 5.41) is 15.2. The molecule has 5 nitrogen and oxygen atoms in total. The van der Waals surface area contributed by atoms with Gasteiger partial charge in [0.1, 0.15) is 0 Å².